The summed E-state index contributed by atoms with van der Waals surface area (Å²) >= 11 is 0. The highest BCUT2D eigenvalue weighted by Gasteiger charge is 2.20. The summed E-state index contributed by atoms with van der Waals surface area (Å²) in [7, 11) is 1.90. The molecule has 1 aliphatic rings. The number of hydrogen-bond donors (Lipinski definition) is 1. The third kappa shape index (κ3) is 3.57. The monoisotopic (exact) mass is 246 g/mol. The normalized spacial score (nSPS) is 18.9. The van der Waals surface area contributed by atoms with Crippen LogP contribution in [0.25, 0.3) is 0 Å². The van der Waals surface area contributed by atoms with Crippen molar-refractivity contribution in [3.8, 4) is 0 Å². The lowest BCUT2D eigenvalue weighted by Gasteiger charge is -2.19. The molecule has 1 amide bonds. The minimum atomic E-state index is 0.255. The van der Waals surface area contributed by atoms with E-state index in [9.17, 15) is 4.79 Å². The van der Waals surface area contributed by atoms with Gasteiger partial charge < -0.3 is 10.2 Å². The first-order valence-electron chi connectivity index (χ1n) is 6.65. The van der Waals surface area contributed by atoms with Gasteiger partial charge in [0.2, 0.25) is 5.91 Å². The van der Waals surface area contributed by atoms with Crippen molar-refractivity contribution < 1.29 is 4.79 Å². The molecule has 0 bridgehead atoms. The second-order valence-corrected chi connectivity index (χ2v) is 5.30. The molecule has 0 radical (unpaired) electrons. The number of nitrogens with zero attached hydrogens (tertiary/aromatic N) is 1. The smallest absolute Gasteiger partial charge is 0.222 e. The zero-order valence-corrected chi connectivity index (χ0v) is 11.3. The number of amides is 1. The molecule has 0 aliphatic carbocycles. The van der Waals surface area contributed by atoms with E-state index >= 15 is 0 Å². The third-order valence-corrected chi connectivity index (χ3v) is 3.55. The van der Waals surface area contributed by atoms with Crippen molar-refractivity contribution in [3.63, 3.8) is 0 Å². The highest BCUT2D eigenvalue weighted by atomic mass is 16.2. The fourth-order valence-corrected chi connectivity index (χ4v) is 2.46. The average Bonchev–Trinajstić information content (AvgIpc) is 2.81. The van der Waals surface area contributed by atoms with Crippen LogP contribution >= 0.6 is 0 Å². The predicted molar refractivity (Wildman–Crippen MR) is 73.2 cm³/mol. The molecule has 1 aromatic carbocycles. The van der Waals surface area contributed by atoms with Gasteiger partial charge in [0.15, 0.2) is 0 Å². The molecule has 1 N–H and O–H groups in total. The van der Waals surface area contributed by atoms with E-state index in [0.29, 0.717) is 18.9 Å². The van der Waals surface area contributed by atoms with Gasteiger partial charge in [-0.25, -0.2) is 0 Å². The number of nitrogens with one attached hydrogen (secondary N) is 1. The molecule has 1 aromatic rings. The summed E-state index contributed by atoms with van der Waals surface area (Å²) in [6.45, 7) is 4.83. The van der Waals surface area contributed by atoms with E-state index in [1.807, 2.05) is 18.0 Å². The Morgan fingerprint density at radius 1 is 1.50 bits per heavy atom. The zero-order valence-electron chi connectivity index (χ0n) is 11.3. The molecule has 2 rings (SSSR count). The first-order valence-corrected chi connectivity index (χ1v) is 6.65. The molecule has 3 heteroatoms. The molecule has 0 spiro atoms. The summed E-state index contributed by atoms with van der Waals surface area (Å²) in [5, 5.41) is 3.30. The van der Waals surface area contributed by atoms with Gasteiger partial charge in [-0.1, -0.05) is 29.8 Å². The number of aryl methyl sites for hydroxylation is 1. The van der Waals surface area contributed by atoms with Crippen LogP contribution in [0.4, 0.5) is 0 Å². The van der Waals surface area contributed by atoms with Gasteiger partial charge in [-0.05, 0) is 37.9 Å². The van der Waals surface area contributed by atoms with Gasteiger partial charge in [-0.15, -0.1) is 0 Å². The minimum absolute atomic E-state index is 0.255. The molecular formula is C15H22N2O. The predicted octanol–water partition coefficient (Wildman–Crippen LogP) is 1.95. The fraction of sp³-hybridized carbons (Fsp3) is 0.533. The lowest BCUT2D eigenvalue weighted by Crippen LogP contribution is -2.28. The highest BCUT2D eigenvalue weighted by Crippen LogP contribution is 2.14. The second kappa shape index (κ2) is 6.01. The number of hydrogen-bond acceptors (Lipinski definition) is 2. The van der Waals surface area contributed by atoms with Crippen LogP contribution in [0, 0.1) is 12.8 Å². The zero-order chi connectivity index (χ0) is 13.0. The molecule has 1 atom stereocenters. The molecule has 1 saturated heterocycles. The van der Waals surface area contributed by atoms with E-state index in [1.54, 1.807) is 0 Å². The van der Waals surface area contributed by atoms with Gasteiger partial charge in [0.1, 0.15) is 0 Å². The van der Waals surface area contributed by atoms with Crippen LogP contribution < -0.4 is 5.32 Å². The van der Waals surface area contributed by atoms with E-state index in [2.05, 4.69) is 30.4 Å². The van der Waals surface area contributed by atoms with Crippen LogP contribution in [0.3, 0.4) is 0 Å². The van der Waals surface area contributed by atoms with Crippen molar-refractivity contribution in [2.24, 2.45) is 5.92 Å². The molecule has 0 aromatic heterocycles. The molecular weight excluding hydrogens is 224 g/mol. The standard InChI is InChI=1S/C15H22N2O/c1-12-4-3-5-14(8-12)11-17(2)15(18)9-13-6-7-16-10-13/h3-5,8,13,16H,6-7,9-11H2,1-2H3. The van der Waals surface area contributed by atoms with Crippen molar-refractivity contribution in [1.82, 2.24) is 10.2 Å². The lowest BCUT2D eigenvalue weighted by molar-refractivity contribution is -0.131. The topological polar surface area (TPSA) is 32.3 Å². The van der Waals surface area contributed by atoms with E-state index in [4.69, 9.17) is 0 Å². The SMILES string of the molecule is Cc1cccc(CN(C)C(=O)CC2CCNC2)c1. The molecule has 18 heavy (non-hydrogen) atoms. The molecule has 1 aliphatic heterocycles. The number of carbonyl (C=O) groups is 1. The van der Waals surface area contributed by atoms with Crippen LogP contribution in [0.2, 0.25) is 0 Å². The maximum absolute atomic E-state index is 12.1. The Labute approximate surface area is 109 Å². The van der Waals surface area contributed by atoms with Gasteiger partial charge in [0, 0.05) is 20.0 Å². The van der Waals surface area contributed by atoms with Gasteiger partial charge in [-0.3, -0.25) is 4.79 Å². The maximum atomic E-state index is 12.1. The van der Waals surface area contributed by atoms with Crippen LogP contribution in [0.5, 0.6) is 0 Å². The van der Waals surface area contributed by atoms with E-state index < -0.39 is 0 Å². The lowest BCUT2D eigenvalue weighted by atomic mass is 10.0. The van der Waals surface area contributed by atoms with Crippen LogP contribution in [0.1, 0.15) is 24.0 Å². The first kappa shape index (κ1) is 13.1. The number of rotatable bonds is 4. The summed E-state index contributed by atoms with van der Waals surface area (Å²) in [4.78, 5) is 13.9. The molecule has 98 valence electrons. The van der Waals surface area contributed by atoms with Crippen LogP contribution in [-0.4, -0.2) is 30.9 Å². The minimum Gasteiger partial charge on any atom is -0.341 e. The number of carbonyl (C=O) groups excluding carboxylic acids is 1. The highest BCUT2D eigenvalue weighted by molar-refractivity contribution is 5.76. The molecule has 1 heterocycles. The Morgan fingerprint density at radius 3 is 3.00 bits per heavy atom. The van der Waals surface area contributed by atoms with Crippen molar-refractivity contribution >= 4 is 5.91 Å². The van der Waals surface area contributed by atoms with Crippen molar-refractivity contribution in [1.29, 1.82) is 0 Å². The number of benzene rings is 1. The Kier molecular flexibility index (Phi) is 4.37. The largest absolute Gasteiger partial charge is 0.341 e. The van der Waals surface area contributed by atoms with Crippen molar-refractivity contribution in [2.75, 3.05) is 20.1 Å². The van der Waals surface area contributed by atoms with E-state index in [0.717, 1.165) is 19.5 Å². The van der Waals surface area contributed by atoms with Gasteiger partial charge in [0.05, 0.1) is 0 Å². The van der Waals surface area contributed by atoms with Crippen LogP contribution in [0.15, 0.2) is 24.3 Å². The van der Waals surface area contributed by atoms with Crippen molar-refractivity contribution in [3.05, 3.63) is 35.4 Å². The average molecular weight is 246 g/mol. The summed E-state index contributed by atoms with van der Waals surface area (Å²) in [5.74, 6) is 0.780. The van der Waals surface area contributed by atoms with Crippen LogP contribution in [-0.2, 0) is 11.3 Å². The Morgan fingerprint density at radius 2 is 2.33 bits per heavy atom. The Balaban J connectivity index is 1.86. The summed E-state index contributed by atoms with van der Waals surface area (Å²) in [6, 6.07) is 8.34. The van der Waals surface area contributed by atoms with E-state index in [-0.39, 0.29) is 5.91 Å². The summed E-state index contributed by atoms with van der Waals surface area (Å²) in [5.41, 5.74) is 2.45. The third-order valence-electron chi connectivity index (χ3n) is 3.55. The van der Waals surface area contributed by atoms with Gasteiger partial charge >= 0.3 is 0 Å². The first-order chi connectivity index (χ1) is 8.65. The Hall–Kier alpha value is -1.35. The summed E-state index contributed by atoms with van der Waals surface area (Å²) in [6.07, 6.45) is 1.80. The maximum Gasteiger partial charge on any atom is 0.222 e. The molecule has 1 fully saturated rings. The van der Waals surface area contributed by atoms with Gasteiger partial charge in [-0.2, -0.15) is 0 Å². The second-order valence-electron chi connectivity index (χ2n) is 5.30. The van der Waals surface area contributed by atoms with Crippen molar-refractivity contribution in [2.45, 2.75) is 26.3 Å². The van der Waals surface area contributed by atoms with Gasteiger partial charge in [0.25, 0.3) is 0 Å². The molecule has 3 nitrogen and oxygen atoms in total. The quantitative estimate of drug-likeness (QED) is 0.880. The molecule has 1 unspecified atom stereocenters. The fourth-order valence-electron chi connectivity index (χ4n) is 2.46. The summed E-state index contributed by atoms with van der Waals surface area (Å²) < 4.78 is 0. The molecule has 0 saturated carbocycles. The Bertz CT molecular complexity index is 411. The van der Waals surface area contributed by atoms with E-state index in [1.165, 1.54) is 11.1 Å².